The van der Waals surface area contributed by atoms with Crippen LogP contribution in [0.3, 0.4) is 0 Å². The van der Waals surface area contributed by atoms with Gasteiger partial charge in [0.1, 0.15) is 0 Å². The Morgan fingerprint density at radius 1 is 1.30 bits per heavy atom. The average molecular weight is 278 g/mol. The number of carbonyl (C=O) groups excluding carboxylic acids is 1. The normalized spacial score (nSPS) is 16.5. The summed E-state index contributed by atoms with van der Waals surface area (Å²) in [5, 5.41) is 19.3. The Hall–Kier alpha value is -1.59. The standard InChI is InChI=1S/C15H22N2O3/c18-10-9-16(13-5-2-1-3-6-13)11-14(19)12-17-8-4-7-15(17)20/h1-3,5-6,14,18-19H,4,7-12H2. The van der Waals surface area contributed by atoms with Crippen molar-refractivity contribution < 1.29 is 15.0 Å². The fourth-order valence-corrected chi connectivity index (χ4v) is 2.55. The van der Waals surface area contributed by atoms with Gasteiger partial charge in [-0.05, 0) is 18.6 Å². The van der Waals surface area contributed by atoms with Gasteiger partial charge in [-0.25, -0.2) is 0 Å². The van der Waals surface area contributed by atoms with Gasteiger partial charge in [-0.1, -0.05) is 18.2 Å². The molecule has 2 rings (SSSR count). The van der Waals surface area contributed by atoms with Crippen molar-refractivity contribution in [2.24, 2.45) is 0 Å². The van der Waals surface area contributed by atoms with Crippen LogP contribution in [-0.2, 0) is 4.79 Å². The maximum atomic E-state index is 11.6. The Labute approximate surface area is 119 Å². The Bertz CT molecular complexity index is 424. The number of rotatable bonds is 7. The lowest BCUT2D eigenvalue weighted by Crippen LogP contribution is -2.41. The van der Waals surface area contributed by atoms with Crippen molar-refractivity contribution in [3.63, 3.8) is 0 Å². The Morgan fingerprint density at radius 2 is 2.05 bits per heavy atom. The van der Waals surface area contributed by atoms with E-state index < -0.39 is 6.10 Å². The van der Waals surface area contributed by atoms with E-state index in [1.165, 1.54) is 0 Å². The zero-order valence-corrected chi connectivity index (χ0v) is 11.6. The van der Waals surface area contributed by atoms with Gasteiger partial charge in [-0.3, -0.25) is 4.79 Å². The third kappa shape index (κ3) is 3.95. The number of carbonyl (C=O) groups is 1. The van der Waals surface area contributed by atoms with E-state index >= 15 is 0 Å². The molecule has 0 aromatic heterocycles. The first kappa shape index (κ1) is 14.8. The van der Waals surface area contributed by atoms with E-state index in [0.717, 1.165) is 18.7 Å². The highest BCUT2D eigenvalue weighted by atomic mass is 16.3. The van der Waals surface area contributed by atoms with Crippen LogP contribution in [0.2, 0.25) is 0 Å². The Balaban J connectivity index is 1.92. The highest BCUT2D eigenvalue weighted by molar-refractivity contribution is 5.78. The number of β-amino-alcohol motifs (C(OH)–C–C–N with tert-alkyl or cyclic N) is 1. The fourth-order valence-electron chi connectivity index (χ4n) is 2.55. The lowest BCUT2D eigenvalue weighted by molar-refractivity contribution is -0.128. The third-order valence-corrected chi connectivity index (χ3v) is 3.52. The maximum Gasteiger partial charge on any atom is 0.222 e. The second-order valence-electron chi connectivity index (χ2n) is 5.10. The van der Waals surface area contributed by atoms with Crippen molar-refractivity contribution in [2.75, 3.05) is 37.7 Å². The minimum absolute atomic E-state index is 0.0320. The number of hydrogen-bond acceptors (Lipinski definition) is 4. The number of nitrogens with zero attached hydrogens (tertiary/aromatic N) is 2. The molecule has 5 heteroatoms. The molecule has 110 valence electrons. The van der Waals surface area contributed by atoms with Gasteiger partial charge in [0.2, 0.25) is 5.91 Å². The van der Waals surface area contributed by atoms with E-state index in [-0.39, 0.29) is 12.5 Å². The molecular formula is C15H22N2O3. The molecule has 1 fully saturated rings. The van der Waals surface area contributed by atoms with Crippen LogP contribution in [0.15, 0.2) is 30.3 Å². The maximum absolute atomic E-state index is 11.6. The molecule has 0 saturated carbocycles. The lowest BCUT2D eigenvalue weighted by Gasteiger charge is -2.28. The summed E-state index contributed by atoms with van der Waals surface area (Å²) in [5.41, 5.74) is 0.966. The summed E-state index contributed by atoms with van der Waals surface area (Å²) in [6.07, 6.45) is 0.861. The fraction of sp³-hybridized carbons (Fsp3) is 0.533. The molecule has 1 heterocycles. The first-order valence-corrected chi connectivity index (χ1v) is 7.07. The van der Waals surface area contributed by atoms with E-state index in [4.69, 9.17) is 5.11 Å². The molecule has 0 bridgehead atoms. The quantitative estimate of drug-likeness (QED) is 0.761. The summed E-state index contributed by atoms with van der Waals surface area (Å²) in [6, 6.07) is 9.68. The highest BCUT2D eigenvalue weighted by Gasteiger charge is 2.23. The predicted octanol–water partition coefficient (Wildman–Crippen LogP) is 0.469. The molecule has 1 saturated heterocycles. The van der Waals surface area contributed by atoms with Crippen molar-refractivity contribution >= 4 is 11.6 Å². The van der Waals surface area contributed by atoms with E-state index in [0.29, 0.717) is 26.1 Å². The monoisotopic (exact) mass is 278 g/mol. The lowest BCUT2D eigenvalue weighted by atomic mass is 10.2. The van der Waals surface area contributed by atoms with Crippen LogP contribution in [0.5, 0.6) is 0 Å². The topological polar surface area (TPSA) is 64.0 Å². The summed E-state index contributed by atoms with van der Waals surface area (Å²) in [4.78, 5) is 15.2. The Morgan fingerprint density at radius 3 is 2.65 bits per heavy atom. The van der Waals surface area contributed by atoms with Gasteiger partial charge in [0, 0.05) is 38.3 Å². The van der Waals surface area contributed by atoms with Crippen molar-refractivity contribution in [3.05, 3.63) is 30.3 Å². The number of amides is 1. The summed E-state index contributed by atoms with van der Waals surface area (Å²) >= 11 is 0. The largest absolute Gasteiger partial charge is 0.395 e. The first-order chi connectivity index (χ1) is 9.70. The van der Waals surface area contributed by atoms with Gasteiger partial charge in [0.05, 0.1) is 12.7 Å². The van der Waals surface area contributed by atoms with Gasteiger partial charge in [-0.15, -0.1) is 0 Å². The number of para-hydroxylation sites is 1. The van der Waals surface area contributed by atoms with Gasteiger partial charge >= 0.3 is 0 Å². The minimum Gasteiger partial charge on any atom is -0.395 e. The van der Waals surface area contributed by atoms with Crippen LogP contribution in [0.25, 0.3) is 0 Å². The molecule has 1 aliphatic rings. The molecule has 0 aliphatic carbocycles. The zero-order chi connectivity index (χ0) is 14.4. The molecule has 0 spiro atoms. The number of aliphatic hydroxyl groups is 2. The highest BCUT2D eigenvalue weighted by Crippen LogP contribution is 2.15. The summed E-state index contributed by atoms with van der Waals surface area (Å²) in [7, 11) is 0. The molecule has 1 amide bonds. The third-order valence-electron chi connectivity index (χ3n) is 3.52. The molecule has 1 aromatic rings. The number of aliphatic hydroxyl groups excluding tert-OH is 2. The van der Waals surface area contributed by atoms with E-state index in [1.54, 1.807) is 4.90 Å². The van der Waals surface area contributed by atoms with Gasteiger partial charge in [0.15, 0.2) is 0 Å². The van der Waals surface area contributed by atoms with Crippen molar-refractivity contribution in [2.45, 2.75) is 18.9 Å². The zero-order valence-electron chi connectivity index (χ0n) is 11.6. The van der Waals surface area contributed by atoms with Gasteiger partial charge < -0.3 is 20.0 Å². The van der Waals surface area contributed by atoms with Crippen LogP contribution in [0.1, 0.15) is 12.8 Å². The molecule has 1 atom stereocenters. The van der Waals surface area contributed by atoms with E-state index in [9.17, 15) is 9.90 Å². The summed E-state index contributed by atoms with van der Waals surface area (Å²) in [5.74, 6) is 0.123. The van der Waals surface area contributed by atoms with Gasteiger partial charge in [0.25, 0.3) is 0 Å². The molecule has 20 heavy (non-hydrogen) atoms. The number of anilines is 1. The average Bonchev–Trinajstić information content (AvgIpc) is 2.85. The van der Waals surface area contributed by atoms with Crippen molar-refractivity contribution in [3.8, 4) is 0 Å². The van der Waals surface area contributed by atoms with Crippen LogP contribution < -0.4 is 4.90 Å². The van der Waals surface area contributed by atoms with E-state index in [1.807, 2.05) is 35.2 Å². The minimum atomic E-state index is -0.608. The molecule has 5 nitrogen and oxygen atoms in total. The molecule has 0 radical (unpaired) electrons. The van der Waals surface area contributed by atoms with Crippen molar-refractivity contribution in [1.29, 1.82) is 0 Å². The van der Waals surface area contributed by atoms with Crippen LogP contribution in [-0.4, -0.2) is 59.9 Å². The molecule has 1 aliphatic heterocycles. The second-order valence-corrected chi connectivity index (χ2v) is 5.10. The predicted molar refractivity (Wildman–Crippen MR) is 77.6 cm³/mol. The molecule has 1 unspecified atom stereocenters. The second kappa shape index (κ2) is 7.26. The van der Waals surface area contributed by atoms with E-state index in [2.05, 4.69) is 0 Å². The molecule has 2 N–H and O–H groups in total. The number of benzene rings is 1. The number of likely N-dealkylation sites (tertiary alicyclic amines) is 1. The van der Waals surface area contributed by atoms with Crippen LogP contribution >= 0.6 is 0 Å². The van der Waals surface area contributed by atoms with Crippen molar-refractivity contribution in [1.82, 2.24) is 4.90 Å². The smallest absolute Gasteiger partial charge is 0.222 e. The first-order valence-electron chi connectivity index (χ1n) is 7.07. The van der Waals surface area contributed by atoms with Crippen LogP contribution in [0.4, 0.5) is 5.69 Å². The summed E-state index contributed by atoms with van der Waals surface area (Å²) in [6.45, 7) is 2.02. The summed E-state index contributed by atoms with van der Waals surface area (Å²) < 4.78 is 0. The molecule has 1 aromatic carbocycles. The number of hydrogen-bond donors (Lipinski definition) is 2. The Kier molecular flexibility index (Phi) is 5.38. The molecular weight excluding hydrogens is 256 g/mol. The van der Waals surface area contributed by atoms with Crippen LogP contribution in [0, 0.1) is 0 Å². The van der Waals surface area contributed by atoms with Gasteiger partial charge in [-0.2, -0.15) is 0 Å². The SMILES string of the molecule is O=C1CCCN1CC(O)CN(CCO)c1ccccc1.